The van der Waals surface area contributed by atoms with Gasteiger partial charge in [-0.2, -0.15) is 0 Å². The molecule has 2 saturated carbocycles. The van der Waals surface area contributed by atoms with E-state index in [1.54, 1.807) is 5.57 Å². The highest BCUT2D eigenvalue weighted by Crippen LogP contribution is 2.53. The number of fused-ring (bicyclic) bond motifs is 1. The van der Waals surface area contributed by atoms with Gasteiger partial charge in [0.15, 0.2) is 8.32 Å². The Balaban J connectivity index is 1.89. The average molecular weight is 367 g/mol. The second kappa shape index (κ2) is 7.95. The van der Waals surface area contributed by atoms with E-state index in [2.05, 4.69) is 46.9 Å². The first-order chi connectivity index (χ1) is 11.5. The molecule has 0 radical (unpaired) electrons. The van der Waals surface area contributed by atoms with Gasteiger partial charge in [0, 0.05) is 13.0 Å². The molecule has 0 aromatic rings. The van der Waals surface area contributed by atoms with Gasteiger partial charge in [0.05, 0.1) is 0 Å². The molecule has 0 saturated heterocycles. The predicted octanol–water partition coefficient (Wildman–Crippen LogP) is 5.87. The predicted molar refractivity (Wildman–Crippen MR) is 106 cm³/mol. The van der Waals surface area contributed by atoms with E-state index in [1.165, 1.54) is 19.3 Å². The molecule has 3 nitrogen and oxygen atoms in total. The number of aliphatic carboxylic acids is 1. The minimum absolute atomic E-state index is 0.277. The fourth-order valence-electron chi connectivity index (χ4n) is 4.41. The molecule has 4 heteroatoms. The molecule has 0 spiro atoms. The van der Waals surface area contributed by atoms with Gasteiger partial charge < -0.3 is 9.53 Å². The first-order valence-electron chi connectivity index (χ1n) is 10.0. The third kappa shape index (κ3) is 5.19. The van der Waals surface area contributed by atoms with Crippen molar-refractivity contribution in [1.82, 2.24) is 0 Å². The maximum absolute atomic E-state index is 10.6. The molecular formula is C21H38O3Si. The van der Waals surface area contributed by atoms with Crippen molar-refractivity contribution in [2.24, 2.45) is 23.7 Å². The second-order valence-electron chi connectivity index (χ2n) is 9.93. The molecule has 0 aliphatic heterocycles. The Morgan fingerprint density at radius 1 is 1.32 bits per heavy atom. The molecule has 0 amide bonds. The summed E-state index contributed by atoms with van der Waals surface area (Å²) in [7, 11) is -1.67. The number of unbranched alkanes of at least 4 members (excludes halogenated alkanes) is 1. The van der Waals surface area contributed by atoms with Crippen molar-refractivity contribution >= 4 is 14.3 Å². The van der Waals surface area contributed by atoms with Crippen LogP contribution in [-0.4, -0.2) is 26.0 Å². The minimum Gasteiger partial charge on any atom is -0.481 e. The van der Waals surface area contributed by atoms with E-state index in [0.717, 1.165) is 37.2 Å². The van der Waals surface area contributed by atoms with E-state index >= 15 is 0 Å². The molecule has 144 valence electrons. The van der Waals surface area contributed by atoms with Crippen LogP contribution in [0, 0.1) is 23.7 Å². The van der Waals surface area contributed by atoms with Crippen LogP contribution < -0.4 is 0 Å². The summed E-state index contributed by atoms with van der Waals surface area (Å²) in [6.07, 6.45) is 8.09. The van der Waals surface area contributed by atoms with Crippen molar-refractivity contribution in [3.8, 4) is 0 Å². The number of allylic oxidation sites excluding steroid dienone is 2. The fourth-order valence-corrected chi connectivity index (χ4v) is 5.45. The van der Waals surface area contributed by atoms with Crippen LogP contribution in [0.1, 0.15) is 66.2 Å². The SMILES string of the molecule is C[C@@H]1C[C@@H]2C/C(=C/CCCC(=O)O)C[C@@H]2[C@H]1CO[Si](C)(C)C(C)(C)C. The molecular weight excluding hydrogens is 328 g/mol. The smallest absolute Gasteiger partial charge is 0.303 e. The second-order valence-corrected chi connectivity index (χ2v) is 14.7. The standard InChI is InChI=1S/C21H38O3Si/c1-15-11-17-12-16(9-7-8-10-20(22)23)13-18(17)19(15)14-24-25(5,6)21(2,3)4/h9,15,17-19H,7-8,10-14H2,1-6H3,(H,22,23)/b16-9-/t15-,17-,18+,19+/m1/s1. The molecule has 2 aliphatic carbocycles. The van der Waals surface area contributed by atoms with Crippen LogP contribution in [0.4, 0.5) is 0 Å². The molecule has 0 bridgehead atoms. The van der Waals surface area contributed by atoms with Gasteiger partial charge in [-0.1, -0.05) is 39.3 Å². The third-order valence-corrected chi connectivity index (χ3v) is 11.6. The molecule has 2 rings (SSSR count). The van der Waals surface area contributed by atoms with Crippen molar-refractivity contribution in [3.05, 3.63) is 11.6 Å². The van der Waals surface area contributed by atoms with Gasteiger partial charge in [0.25, 0.3) is 0 Å². The van der Waals surface area contributed by atoms with Gasteiger partial charge in [0.2, 0.25) is 0 Å². The average Bonchev–Trinajstić information content (AvgIpc) is 2.97. The monoisotopic (exact) mass is 366 g/mol. The lowest BCUT2D eigenvalue weighted by molar-refractivity contribution is -0.137. The Hall–Kier alpha value is -0.613. The minimum atomic E-state index is -1.67. The van der Waals surface area contributed by atoms with Gasteiger partial charge in [-0.15, -0.1) is 0 Å². The van der Waals surface area contributed by atoms with Gasteiger partial charge in [-0.25, -0.2) is 0 Å². The third-order valence-electron chi connectivity index (χ3n) is 7.05. The topological polar surface area (TPSA) is 46.5 Å². The molecule has 4 atom stereocenters. The van der Waals surface area contributed by atoms with E-state index < -0.39 is 14.3 Å². The largest absolute Gasteiger partial charge is 0.481 e. The Kier molecular flexibility index (Phi) is 6.58. The lowest BCUT2D eigenvalue weighted by Crippen LogP contribution is -2.42. The summed E-state index contributed by atoms with van der Waals surface area (Å²) in [5, 5.41) is 9.03. The molecule has 0 unspecified atom stereocenters. The zero-order valence-corrected chi connectivity index (χ0v) is 18.1. The highest BCUT2D eigenvalue weighted by Gasteiger charge is 2.46. The Bertz CT molecular complexity index is 504. The van der Waals surface area contributed by atoms with E-state index in [1.807, 2.05) is 0 Å². The summed E-state index contributed by atoms with van der Waals surface area (Å²) in [5.41, 5.74) is 1.57. The number of carboxylic acid groups (broad SMARTS) is 1. The van der Waals surface area contributed by atoms with Crippen LogP contribution >= 0.6 is 0 Å². The number of hydrogen-bond acceptors (Lipinski definition) is 2. The van der Waals surface area contributed by atoms with E-state index in [-0.39, 0.29) is 11.5 Å². The molecule has 0 heterocycles. The normalized spacial score (nSPS) is 31.5. The number of carboxylic acids is 1. The zero-order chi connectivity index (χ0) is 18.8. The van der Waals surface area contributed by atoms with Crippen molar-refractivity contribution in [2.75, 3.05) is 6.61 Å². The summed E-state index contributed by atoms with van der Waals surface area (Å²) >= 11 is 0. The van der Waals surface area contributed by atoms with Gasteiger partial charge in [-0.05, 0) is 73.9 Å². The summed E-state index contributed by atoms with van der Waals surface area (Å²) in [6.45, 7) is 15.0. The molecule has 25 heavy (non-hydrogen) atoms. The van der Waals surface area contributed by atoms with Crippen LogP contribution in [0.15, 0.2) is 11.6 Å². The van der Waals surface area contributed by atoms with Crippen molar-refractivity contribution in [2.45, 2.75) is 84.4 Å². The van der Waals surface area contributed by atoms with Crippen molar-refractivity contribution in [1.29, 1.82) is 0 Å². The lowest BCUT2D eigenvalue weighted by Gasteiger charge is -2.38. The Morgan fingerprint density at radius 3 is 2.60 bits per heavy atom. The van der Waals surface area contributed by atoms with Crippen LogP contribution in [-0.2, 0) is 9.22 Å². The number of rotatable bonds is 7. The van der Waals surface area contributed by atoms with Crippen molar-refractivity contribution in [3.63, 3.8) is 0 Å². The van der Waals surface area contributed by atoms with Gasteiger partial charge in [0.1, 0.15) is 0 Å². The zero-order valence-electron chi connectivity index (χ0n) is 17.1. The first-order valence-corrected chi connectivity index (χ1v) is 13.0. The Morgan fingerprint density at radius 2 is 2.00 bits per heavy atom. The fraction of sp³-hybridized carbons (Fsp3) is 0.857. The lowest BCUT2D eigenvalue weighted by atomic mass is 9.89. The number of carbonyl (C=O) groups is 1. The van der Waals surface area contributed by atoms with E-state index in [0.29, 0.717) is 5.92 Å². The van der Waals surface area contributed by atoms with Crippen molar-refractivity contribution < 1.29 is 14.3 Å². The highest BCUT2D eigenvalue weighted by molar-refractivity contribution is 6.74. The summed E-state index contributed by atoms with van der Waals surface area (Å²) in [6, 6.07) is 0. The number of hydrogen-bond donors (Lipinski definition) is 1. The Labute approximate surface area is 155 Å². The van der Waals surface area contributed by atoms with Gasteiger partial charge >= 0.3 is 5.97 Å². The molecule has 0 aromatic heterocycles. The van der Waals surface area contributed by atoms with Crippen LogP contribution in [0.2, 0.25) is 18.1 Å². The van der Waals surface area contributed by atoms with E-state index in [4.69, 9.17) is 9.53 Å². The van der Waals surface area contributed by atoms with Gasteiger partial charge in [-0.3, -0.25) is 4.79 Å². The molecule has 2 aliphatic rings. The summed E-state index contributed by atoms with van der Waals surface area (Å²) in [4.78, 5) is 10.6. The molecule has 0 aromatic carbocycles. The molecule has 2 fully saturated rings. The highest BCUT2D eigenvalue weighted by atomic mass is 28.4. The first kappa shape index (κ1) is 20.7. The van der Waals surface area contributed by atoms with E-state index in [9.17, 15) is 4.79 Å². The van der Waals surface area contributed by atoms with Crippen LogP contribution in [0.25, 0.3) is 0 Å². The maximum atomic E-state index is 10.6. The maximum Gasteiger partial charge on any atom is 0.303 e. The van der Waals surface area contributed by atoms with Crippen LogP contribution in [0.3, 0.4) is 0 Å². The van der Waals surface area contributed by atoms with Crippen LogP contribution in [0.5, 0.6) is 0 Å². The summed E-state index contributed by atoms with van der Waals surface area (Å²) < 4.78 is 6.57. The molecule has 1 N–H and O–H groups in total. The summed E-state index contributed by atoms with van der Waals surface area (Å²) in [5.74, 6) is 2.40. The quantitative estimate of drug-likeness (QED) is 0.348.